The summed E-state index contributed by atoms with van der Waals surface area (Å²) in [4.78, 5) is 11.0. The average molecular weight is 220 g/mol. The zero-order valence-electron chi connectivity index (χ0n) is 9.31. The molecule has 5 nitrogen and oxygen atoms in total. The summed E-state index contributed by atoms with van der Waals surface area (Å²) in [6.07, 6.45) is 0. The summed E-state index contributed by atoms with van der Waals surface area (Å²) in [6, 6.07) is 3.01. The monoisotopic (exact) mass is 220 g/mol. The summed E-state index contributed by atoms with van der Waals surface area (Å²) in [5.74, 6) is 4.68. The molecular formula is C11H12N2O3. The Morgan fingerprint density at radius 1 is 1.44 bits per heavy atom. The number of hydrogen-bond donors (Lipinski definition) is 1. The number of rotatable bonds is 1. The maximum atomic E-state index is 11.0. The standard InChI is InChI=1S/C11H12N2O3/c1-11(2,15)7-6-8-4-5-9(13-12-8)10(14)16-3/h4-5,15H,1-3H3. The lowest BCUT2D eigenvalue weighted by molar-refractivity contribution is 0.0592. The molecule has 0 aromatic carbocycles. The lowest BCUT2D eigenvalue weighted by atomic mass is 10.1. The second kappa shape index (κ2) is 4.73. The van der Waals surface area contributed by atoms with E-state index in [1.165, 1.54) is 19.2 Å². The molecule has 84 valence electrons. The van der Waals surface area contributed by atoms with Crippen molar-refractivity contribution in [2.24, 2.45) is 0 Å². The minimum absolute atomic E-state index is 0.122. The van der Waals surface area contributed by atoms with Crippen LogP contribution in [0.5, 0.6) is 0 Å². The topological polar surface area (TPSA) is 72.3 Å². The molecule has 0 saturated carbocycles. The van der Waals surface area contributed by atoms with Gasteiger partial charge in [-0.15, -0.1) is 10.2 Å². The van der Waals surface area contributed by atoms with Crippen LogP contribution in [0.25, 0.3) is 0 Å². The molecule has 1 aromatic rings. The van der Waals surface area contributed by atoms with Crippen molar-refractivity contribution in [3.8, 4) is 11.8 Å². The minimum Gasteiger partial charge on any atom is -0.464 e. The second-order valence-corrected chi connectivity index (χ2v) is 3.60. The highest BCUT2D eigenvalue weighted by atomic mass is 16.5. The zero-order valence-corrected chi connectivity index (χ0v) is 9.31. The number of aliphatic hydroxyl groups is 1. The third-order valence-corrected chi connectivity index (χ3v) is 1.56. The number of aromatic nitrogens is 2. The molecule has 0 spiro atoms. The SMILES string of the molecule is COC(=O)c1ccc(C#CC(C)(C)O)nn1. The van der Waals surface area contributed by atoms with Crippen molar-refractivity contribution in [2.45, 2.75) is 19.4 Å². The van der Waals surface area contributed by atoms with Gasteiger partial charge in [-0.25, -0.2) is 4.79 Å². The molecule has 1 rings (SSSR count). The van der Waals surface area contributed by atoms with Crippen molar-refractivity contribution in [1.82, 2.24) is 10.2 Å². The van der Waals surface area contributed by atoms with Crippen molar-refractivity contribution in [2.75, 3.05) is 7.11 Å². The molecule has 0 saturated heterocycles. The molecule has 1 heterocycles. The highest BCUT2D eigenvalue weighted by molar-refractivity contribution is 5.86. The van der Waals surface area contributed by atoms with Crippen molar-refractivity contribution in [1.29, 1.82) is 0 Å². The van der Waals surface area contributed by atoms with Gasteiger partial charge in [0.15, 0.2) is 5.69 Å². The molecule has 0 amide bonds. The maximum Gasteiger partial charge on any atom is 0.358 e. The Bertz CT molecular complexity index is 435. The van der Waals surface area contributed by atoms with Crippen LogP contribution in [0.3, 0.4) is 0 Å². The van der Waals surface area contributed by atoms with Crippen LogP contribution < -0.4 is 0 Å². The molecule has 0 fully saturated rings. The van der Waals surface area contributed by atoms with Crippen molar-refractivity contribution in [3.63, 3.8) is 0 Å². The van der Waals surface area contributed by atoms with Gasteiger partial charge in [-0.3, -0.25) is 0 Å². The summed E-state index contributed by atoms with van der Waals surface area (Å²) in [5.41, 5.74) is -0.575. The second-order valence-electron chi connectivity index (χ2n) is 3.60. The van der Waals surface area contributed by atoms with E-state index < -0.39 is 11.6 Å². The van der Waals surface area contributed by atoms with Crippen LogP contribution in [0.2, 0.25) is 0 Å². The van der Waals surface area contributed by atoms with Gasteiger partial charge < -0.3 is 9.84 Å². The first kappa shape index (κ1) is 12.1. The lowest BCUT2D eigenvalue weighted by Gasteiger charge is -2.05. The van der Waals surface area contributed by atoms with E-state index in [2.05, 4.69) is 26.8 Å². The summed E-state index contributed by atoms with van der Waals surface area (Å²) in [7, 11) is 1.27. The normalized spacial score (nSPS) is 10.2. The predicted octanol–water partition coefficient (Wildman–Crippen LogP) is 0.386. The minimum atomic E-state index is -1.08. The molecule has 5 heteroatoms. The fourth-order valence-electron chi connectivity index (χ4n) is 0.829. The van der Waals surface area contributed by atoms with E-state index >= 15 is 0 Å². The summed E-state index contributed by atoms with van der Waals surface area (Å²) in [5, 5.41) is 16.7. The molecule has 0 atom stereocenters. The lowest BCUT2D eigenvalue weighted by Crippen LogP contribution is -2.14. The van der Waals surface area contributed by atoms with Crippen LogP contribution in [0.15, 0.2) is 12.1 Å². The van der Waals surface area contributed by atoms with Gasteiger partial charge in [-0.2, -0.15) is 0 Å². The van der Waals surface area contributed by atoms with E-state index in [1.807, 2.05) is 0 Å². The van der Waals surface area contributed by atoms with Crippen molar-refractivity contribution in [3.05, 3.63) is 23.5 Å². The molecule has 1 aromatic heterocycles. The fourth-order valence-corrected chi connectivity index (χ4v) is 0.829. The largest absolute Gasteiger partial charge is 0.464 e. The predicted molar refractivity (Wildman–Crippen MR) is 56.5 cm³/mol. The van der Waals surface area contributed by atoms with Crippen molar-refractivity contribution >= 4 is 5.97 Å². The van der Waals surface area contributed by atoms with E-state index in [1.54, 1.807) is 13.8 Å². The molecule has 1 N–H and O–H groups in total. The Morgan fingerprint density at radius 3 is 2.56 bits per heavy atom. The van der Waals surface area contributed by atoms with Gasteiger partial charge >= 0.3 is 5.97 Å². The molecule has 0 aliphatic rings. The van der Waals surface area contributed by atoms with Crippen LogP contribution in [0.1, 0.15) is 30.0 Å². The third kappa shape index (κ3) is 3.67. The van der Waals surface area contributed by atoms with Crippen LogP contribution in [0, 0.1) is 11.8 Å². The van der Waals surface area contributed by atoms with E-state index in [0.29, 0.717) is 5.69 Å². The molecule has 0 radical (unpaired) electrons. The first-order valence-corrected chi connectivity index (χ1v) is 4.60. The number of carbonyl (C=O) groups is 1. The maximum absolute atomic E-state index is 11.0. The number of esters is 1. The Kier molecular flexibility index (Phi) is 3.59. The zero-order chi connectivity index (χ0) is 12.2. The molecular weight excluding hydrogens is 208 g/mol. The molecule has 0 aliphatic heterocycles. The highest BCUT2D eigenvalue weighted by Gasteiger charge is 2.08. The smallest absolute Gasteiger partial charge is 0.358 e. The summed E-state index contributed by atoms with van der Waals surface area (Å²) < 4.78 is 4.47. The number of nitrogens with zero attached hydrogens (tertiary/aromatic N) is 2. The molecule has 0 bridgehead atoms. The van der Waals surface area contributed by atoms with Crippen LogP contribution in [0.4, 0.5) is 0 Å². The third-order valence-electron chi connectivity index (χ3n) is 1.56. The van der Waals surface area contributed by atoms with Gasteiger partial charge in [0.25, 0.3) is 0 Å². The van der Waals surface area contributed by atoms with Gasteiger partial charge in [0.05, 0.1) is 7.11 Å². The van der Waals surface area contributed by atoms with E-state index in [-0.39, 0.29) is 5.69 Å². The Hall–Kier alpha value is -1.93. The first-order valence-electron chi connectivity index (χ1n) is 4.60. The van der Waals surface area contributed by atoms with Crippen LogP contribution in [-0.4, -0.2) is 34.0 Å². The summed E-state index contributed by atoms with van der Waals surface area (Å²) >= 11 is 0. The number of carbonyl (C=O) groups excluding carboxylic acids is 1. The van der Waals surface area contributed by atoms with Gasteiger partial charge in [0.1, 0.15) is 11.3 Å². The number of hydrogen-bond acceptors (Lipinski definition) is 5. The van der Waals surface area contributed by atoms with E-state index in [9.17, 15) is 9.90 Å². The fraction of sp³-hybridized carbons (Fsp3) is 0.364. The average Bonchev–Trinajstić information content (AvgIpc) is 2.25. The van der Waals surface area contributed by atoms with Crippen LogP contribution >= 0.6 is 0 Å². The molecule has 0 unspecified atom stereocenters. The van der Waals surface area contributed by atoms with Crippen molar-refractivity contribution < 1.29 is 14.6 Å². The van der Waals surface area contributed by atoms with Gasteiger partial charge in [-0.05, 0) is 31.9 Å². The quantitative estimate of drug-likeness (QED) is 0.547. The van der Waals surface area contributed by atoms with E-state index in [4.69, 9.17) is 0 Å². The van der Waals surface area contributed by atoms with Gasteiger partial charge in [0.2, 0.25) is 0 Å². The van der Waals surface area contributed by atoms with E-state index in [0.717, 1.165) is 0 Å². The van der Waals surface area contributed by atoms with Gasteiger partial charge in [-0.1, -0.05) is 5.92 Å². The summed E-state index contributed by atoms with van der Waals surface area (Å²) in [6.45, 7) is 3.13. The van der Waals surface area contributed by atoms with Crippen LogP contribution in [-0.2, 0) is 4.74 Å². The molecule has 16 heavy (non-hydrogen) atoms. The highest BCUT2D eigenvalue weighted by Crippen LogP contribution is 2.00. The Labute approximate surface area is 93.5 Å². The Balaban J connectivity index is 2.87. The molecule has 0 aliphatic carbocycles. The first-order chi connectivity index (χ1) is 7.42. The number of ether oxygens (including phenoxy) is 1. The number of methoxy groups -OCH3 is 1. The Morgan fingerprint density at radius 2 is 2.12 bits per heavy atom. The van der Waals surface area contributed by atoms with Gasteiger partial charge in [0, 0.05) is 0 Å².